The molecule has 0 aliphatic heterocycles. The Morgan fingerprint density at radius 1 is 1.45 bits per heavy atom. The fourth-order valence-corrected chi connectivity index (χ4v) is 0.584. The van der Waals surface area contributed by atoms with Gasteiger partial charge in [-0.1, -0.05) is 0 Å². The van der Waals surface area contributed by atoms with Crippen LogP contribution in [-0.2, 0) is 32.7 Å². The fraction of sp³-hybridized carbons (Fsp3) is 0.143. The number of hydrogen-bond acceptors (Lipinski definition) is 1. The molecule has 1 aromatic carbocycles. The molecule has 0 unspecified atom stereocenters. The van der Waals surface area contributed by atoms with Crippen LogP contribution in [-0.4, -0.2) is 7.11 Å². The van der Waals surface area contributed by atoms with Gasteiger partial charge in [0.15, 0.2) is 0 Å². The Balaban J connectivity index is 0.000001000. The molecule has 0 aromatic heterocycles. The van der Waals surface area contributed by atoms with Crippen LogP contribution in [0.5, 0.6) is 5.75 Å². The third-order valence-corrected chi connectivity index (χ3v) is 1.06. The first-order valence-electron chi connectivity index (χ1n) is 2.65. The van der Waals surface area contributed by atoms with Gasteiger partial charge >= 0.3 is 0 Å². The summed E-state index contributed by atoms with van der Waals surface area (Å²) in [5.41, 5.74) is 0. The third-order valence-electron chi connectivity index (χ3n) is 1.06. The van der Waals surface area contributed by atoms with E-state index in [1.54, 1.807) is 0 Å². The van der Waals surface area contributed by atoms with Crippen LogP contribution < -0.4 is 4.74 Å². The van der Waals surface area contributed by atoms with Crippen molar-refractivity contribution in [3.8, 4) is 5.75 Å². The van der Waals surface area contributed by atoms with E-state index >= 15 is 0 Å². The van der Waals surface area contributed by atoms with Crippen molar-refractivity contribution < 1.29 is 46.2 Å². The van der Waals surface area contributed by atoms with Gasteiger partial charge in [0.2, 0.25) is 0 Å². The molecule has 0 bridgehead atoms. The van der Waals surface area contributed by atoms with Gasteiger partial charge < -0.3 is 4.74 Å². The Bertz CT molecular complexity index is 240. The molecule has 1 aromatic rings. The van der Waals surface area contributed by atoms with E-state index in [1.807, 2.05) is 0 Å². The summed E-state index contributed by atoms with van der Waals surface area (Å²) in [6, 6.07) is 4.64. The molecule has 57 valence electrons. The molecule has 0 amide bonds. The van der Waals surface area contributed by atoms with Gasteiger partial charge in [-0.3, -0.25) is 4.39 Å². The minimum absolute atomic E-state index is 0. The Labute approximate surface area is 88.6 Å². The summed E-state index contributed by atoms with van der Waals surface area (Å²) in [4.78, 5) is 0. The van der Waals surface area contributed by atoms with E-state index < -0.39 is 11.6 Å². The Morgan fingerprint density at radius 2 is 2.09 bits per heavy atom. The Kier molecular flexibility index (Phi) is 4.77. The summed E-state index contributed by atoms with van der Waals surface area (Å²) < 4.78 is 29.2. The predicted octanol–water partition coefficient (Wildman–Crippen LogP) is 1.77. The van der Waals surface area contributed by atoms with Crippen LogP contribution in [0.2, 0.25) is 0 Å². The van der Waals surface area contributed by atoms with Gasteiger partial charge in [0.25, 0.3) is 0 Å². The average molecular weight is 232 g/mol. The summed E-state index contributed by atoms with van der Waals surface area (Å²) in [5.74, 6) is -2.11. The van der Waals surface area contributed by atoms with Gasteiger partial charge in [0, 0.05) is 38.5 Å². The van der Waals surface area contributed by atoms with E-state index in [2.05, 4.69) is 10.8 Å². The van der Waals surface area contributed by atoms with Crippen molar-refractivity contribution in [3.63, 3.8) is 0 Å². The first-order chi connectivity index (χ1) is 4.75. The average Bonchev–Trinajstić information content (AvgIpc) is 1.95. The fourth-order valence-electron chi connectivity index (χ4n) is 0.584. The molecule has 1 radical (unpaired) electrons. The second-order valence-electron chi connectivity index (χ2n) is 1.67. The maximum atomic E-state index is 12.5. The molecule has 0 aliphatic rings. The van der Waals surface area contributed by atoms with Gasteiger partial charge in [-0.25, -0.2) is 4.39 Å². The zero-order valence-corrected chi connectivity index (χ0v) is 8.73. The number of benzene rings is 1. The monoisotopic (exact) mass is 232 g/mol. The van der Waals surface area contributed by atoms with E-state index in [0.717, 1.165) is 6.07 Å². The molecule has 0 heterocycles. The van der Waals surface area contributed by atoms with Gasteiger partial charge in [0.1, 0.15) is 0 Å². The summed E-state index contributed by atoms with van der Waals surface area (Å²) in [5, 5.41) is 0. The van der Waals surface area contributed by atoms with Crippen LogP contribution in [0.3, 0.4) is 0 Å². The quantitative estimate of drug-likeness (QED) is 0.670. The molecule has 4 heteroatoms. The number of rotatable bonds is 1. The van der Waals surface area contributed by atoms with Crippen LogP contribution in [0.15, 0.2) is 12.1 Å². The molecule has 0 spiro atoms. The summed E-state index contributed by atoms with van der Waals surface area (Å²) >= 11 is 0. The zero-order valence-electron chi connectivity index (χ0n) is 5.90. The molecule has 0 atom stereocenters. The normalized spacial score (nSPS) is 8.64. The van der Waals surface area contributed by atoms with E-state index in [9.17, 15) is 8.78 Å². The van der Waals surface area contributed by atoms with E-state index in [4.69, 9.17) is 0 Å². The Morgan fingerprint density at radius 3 is 2.55 bits per heavy atom. The minimum Gasteiger partial charge on any atom is -0.520 e. The zero-order chi connectivity index (χ0) is 7.56. The van der Waals surface area contributed by atoms with Crippen LogP contribution in [0.1, 0.15) is 0 Å². The van der Waals surface area contributed by atoms with E-state index in [0.29, 0.717) is 0 Å². The standard InChI is InChI=1S/C7H5F2O.Y/c1-10-6-4-2-3-5(8)7(6)9;/h2-3H,1H3;/q-1;. The summed E-state index contributed by atoms with van der Waals surface area (Å²) in [6.07, 6.45) is 0. The van der Waals surface area contributed by atoms with Gasteiger partial charge in [-0.15, -0.1) is 12.1 Å². The first kappa shape index (κ1) is 11.0. The second-order valence-corrected chi connectivity index (χ2v) is 1.67. The van der Waals surface area contributed by atoms with Crippen LogP contribution >= 0.6 is 0 Å². The van der Waals surface area contributed by atoms with Crippen molar-refractivity contribution >= 4 is 0 Å². The van der Waals surface area contributed by atoms with Crippen LogP contribution in [0.4, 0.5) is 8.78 Å². The van der Waals surface area contributed by atoms with Crippen molar-refractivity contribution in [2.75, 3.05) is 7.11 Å². The molecule has 0 fully saturated rings. The molecule has 11 heavy (non-hydrogen) atoms. The van der Waals surface area contributed by atoms with Crippen molar-refractivity contribution in [1.82, 2.24) is 0 Å². The van der Waals surface area contributed by atoms with E-state index in [-0.39, 0.29) is 38.5 Å². The van der Waals surface area contributed by atoms with Gasteiger partial charge in [-0.2, -0.15) is 6.07 Å². The predicted molar refractivity (Wildman–Crippen MR) is 31.7 cm³/mol. The number of hydrogen-bond donors (Lipinski definition) is 0. The number of halogens is 2. The Hall–Kier alpha value is -0.0161. The second kappa shape index (κ2) is 4.78. The molecule has 1 nitrogen and oxygen atoms in total. The van der Waals surface area contributed by atoms with Gasteiger partial charge in [-0.05, 0) is 0 Å². The molecular formula is C7H5F2OY-. The third kappa shape index (κ3) is 2.49. The minimum atomic E-state index is -0.995. The first-order valence-corrected chi connectivity index (χ1v) is 2.65. The van der Waals surface area contributed by atoms with Crippen LogP contribution in [0.25, 0.3) is 0 Å². The molecule has 0 N–H and O–H groups in total. The molecule has 1 rings (SSSR count). The summed E-state index contributed by atoms with van der Waals surface area (Å²) in [6.45, 7) is 0. The molecular weight excluding hydrogens is 227 g/mol. The SMILES string of the molecule is COc1[c-]ccc(F)c1F.[Y]. The maximum Gasteiger partial charge on any atom is 0.0842 e. The molecule has 0 saturated heterocycles. The largest absolute Gasteiger partial charge is 0.520 e. The smallest absolute Gasteiger partial charge is 0.0842 e. The van der Waals surface area contributed by atoms with Crippen molar-refractivity contribution in [1.29, 1.82) is 0 Å². The van der Waals surface area contributed by atoms with Crippen LogP contribution in [0, 0.1) is 17.7 Å². The number of methoxy groups -OCH3 is 1. The van der Waals surface area contributed by atoms with Crippen molar-refractivity contribution in [3.05, 3.63) is 29.8 Å². The topological polar surface area (TPSA) is 9.23 Å². The van der Waals surface area contributed by atoms with Gasteiger partial charge in [0.05, 0.1) is 18.7 Å². The van der Waals surface area contributed by atoms with E-state index in [1.165, 1.54) is 13.2 Å². The maximum absolute atomic E-state index is 12.5. The summed E-state index contributed by atoms with van der Waals surface area (Å²) in [7, 11) is 1.26. The van der Waals surface area contributed by atoms with Crippen molar-refractivity contribution in [2.45, 2.75) is 0 Å². The molecule has 0 aliphatic carbocycles. The number of ether oxygens (including phenoxy) is 1. The van der Waals surface area contributed by atoms with Crippen molar-refractivity contribution in [2.24, 2.45) is 0 Å². The molecule has 0 saturated carbocycles.